The van der Waals surface area contributed by atoms with Crippen molar-refractivity contribution in [2.24, 2.45) is 5.10 Å². The number of pyridine rings is 1. The summed E-state index contributed by atoms with van der Waals surface area (Å²) in [6.45, 7) is 4.10. The fourth-order valence-electron chi connectivity index (χ4n) is 4.38. The fraction of sp³-hybridized carbons (Fsp3) is 0.208. The third kappa shape index (κ3) is 3.22. The van der Waals surface area contributed by atoms with Gasteiger partial charge in [-0.3, -0.25) is 19.4 Å². The van der Waals surface area contributed by atoms with Crippen LogP contribution < -0.4 is 10.5 Å². The first-order chi connectivity index (χ1) is 16.4. The number of aromatic hydroxyl groups is 1. The van der Waals surface area contributed by atoms with E-state index in [1.54, 1.807) is 24.3 Å². The summed E-state index contributed by atoms with van der Waals surface area (Å²) in [5.74, 6) is -1.74. The van der Waals surface area contributed by atoms with E-state index >= 15 is 0 Å². The SMILES string of the molecule is Cc1c(C=NN2C(=O)c3cccc4c(N5CCOCC5)ccc(c34)C2=O)c(O)[nH]c(=O)c1C#N. The molecular formula is C24H19N5O5. The number of morpholine rings is 1. The van der Waals surface area contributed by atoms with Crippen molar-refractivity contribution in [1.82, 2.24) is 9.99 Å². The highest BCUT2D eigenvalue weighted by Crippen LogP contribution is 2.36. The number of imide groups is 1. The molecule has 0 radical (unpaired) electrons. The molecule has 3 heterocycles. The van der Waals surface area contributed by atoms with Gasteiger partial charge >= 0.3 is 0 Å². The van der Waals surface area contributed by atoms with Crippen LogP contribution in [0, 0.1) is 18.3 Å². The molecule has 2 aliphatic rings. The van der Waals surface area contributed by atoms with Gasteiger partial charge in [0.15, 0.2) is 0 Å². The predicted octanol–water partition coefficient (Wildman–Crippen LogP) is 1.88. The molecule has 1 saturated heterocycles. The van der Waals surface area contributed by atoms with Crippen LogP contribution in [0.5, 0.6) is 5.88 Å². The molecule has 0 atom stereocenters. The Hall–Kier alpha value is -4.49. The second-order valence-corrected chi connectivity index (χ2v) is 7.95. The molecule has 0 saturated carbocycles. The van der Waals surface area contributed by atoms with Crippen LogP contribution in [0.25, 0.3) is 10.8 Å². The summed E-state index contributed by atoms with van der Waals surface area (Å²) in [7, 11) is 0. The van der Waals surface area contributed by atoms with Gasteiger partial charge in [0.2, 0.25) is 5.88 Å². The topological polar surface area (TPSA) is 139 Å². The zero-order chi connectivity index (χ0) is 24.0. The largest absolute Gasteiger partial charge is 0.494 e. The average molecular weight is 457 g/mol. The molecule has 10 heteroatoms. The molecule has 1 aromatic heterocycles. The van der Waals surface area contributed by atoms with Crippen molar-refractivity contribution in [3.63, 3.8) is 0 Å². The lowest BCUT2D eigenvalue weighted by Crippen LogP contribution is -2.38. The zero-order valence-corrected chi connectivity index (χ0v) is 18.2. The maximum atomic E-state index is 13.3. The first-order valence-corrected chi connectivity index (χ1v) is 10.6. The van der Waals surface area contributed by atoms with Crippen molar-refractivity contribution in [2.45, 2.75) is 6.92 Å². The van der Waals surface area contributed by atoms with E-state index in [1.165, 1.54) is 6.92 Å². The summed E-state index contributed by atoms with van der Waals surface area (Å²) in [6, 6.07) is 10.6. The highest BCUT2D eigenvalue weighted by molar-refractivity contribution is 6.26. The molecule has 2 aromatic carbocycles. The minimum Gasteiger partial charge on any atom is -0.494 e. The first kappa shape index (κ1) is 21.4. The minimum atomic E-state index is -0.739. The number of hydrogen-bond acceptors (Lipinski definition) is 8. The van der Waals surface area contributed by atoms with Gasteiger partial charge in [-0.25, -0.2) is 0 Å². The van der Waals surface area contributed by atoms with Gasteiger partial charge in [0.1, 0.15) is 11.6 Å². The smallest absolute Gasteiger partial charge is 0.282 e. The molecule has 1 fully saturated rings. The van der Waals surface area contributed by atoms with E-state index in [1.807, 2.05) is 12.1 Å². The van der Waals surface area contributed by atoms with Crippen LogP contribution in [-0.2, 0) is 4.74 Å². The molecule has 0 spiro atoms. The van der Waals surface area contributed by atoms with Crippen LogP contribution in [0.3, 0.4) is 0 Å². The number of aromatic amines is 1. The second-order valence-electron chi connectivity index (χ2n) is 7.95. The van der Waals surface area contributed by atoms with Gasteiger partial charge in [-0.05, 0) is 30.7 Å². The highest BCUT2D eigenvalue weighted by atomic mass is 16.5. The van der Waals surface area contributed by atoms with E-state index in [9.17, 15) is 24.8 Å². The normalized spacial score (nSPS) is 15.9. The van der Waals surface area contributed by atoms with Gasteiger partial charge in [-0.2, -0.15) is 15.4 Å². The van der Waals surface area contributed by atoms with Gasteiger partial charge < -0.3 is 14.7 Å². The fourth-order valence-corrected chi connectivity index (χ4v) is 4.38. The van der Waals surface area contributed by atoms with Gasteiger partial charge in [0, 0.05) is 29.5 Å². The number of carbonyl (C=O) groups excluding carboxylic acids is 2. The first-order valence-electron chi connectivity index (χ1n) is 10.6. The zero-order valence-electron chi connectivity index (χ0n) is 18.2. The van der Waals surface area contributed by atoms with Crippen LogP contribution in [0.1, 0.15) is 37.4 Å². The Balaban J connectivity index is 1.58. The number of aromatic nitrogens is 1. The van der Waals surface area contributed by atoms with Crippen LogP contribution in [0.15, 0.2) is 40.2 Å². The molecule has 0 unspecified atom stereocenters. The van der Waals surface area contributed by atoms with Crippen molar-refractivity contribution < 1.29 is 19.4 Å². The molecule has 170 valence electrons. The maximum absolute atomic E-state index is 13.3. The Kier molecular flexibility index (Phi) is 5.11. The molecule has 2 N–H and O–H groups in total. The van der Waals surface area contributed by atoms with Gasteiger partial charge in [0.25, 0.3) is 17.4 Å². The predicted molar refractivity (Wildman–Crippen MR) is 123 cm³/mol. The Morgan fingerprint density at radius 3 is 2.53 bits per heavy atom. The molecule has 34 heavy (non-hydrogen) atoms. The van der Waals surface area contributed by atoms with Crippen molar-refractivity contribution in [2.75, 3.05) is 31.2 Å². The van der Waals surface area contributed by atoms with Crippen LogP contribution in [-0.4, -0.2) is 59.4 Å². The number of carbonyl (C=O) groups is 2. The number of amides is 2. The third-order valence-corrected chi connectivity index (χ3v) is 6.12. The summed E-state index contributed by atoms with van der Waals surface area (Å²) in [5.41, 5.74) is 0.876. The van der Waals surface area contributed by atoms with E-state index in [0.717, 1.165) is 22.3 Å². The van der Waals surface area contributed by atoms with Gasteiger partial charge in [-0.1, -0.05) is 12.1 Å². The average Bonchev–Trinajstić information content (AvgIpc) is 2.84. The second kappa shape index (κ2) is 8.13. The Morgan fingerprint density at radius 1 is 1.12 bits per heavy atom. The van der Waals surface area contributed by atoms with Gasteiger partial charge in [-0.15, -0.1) is 0 Å². The minimum absolute atomic E-state index is 0.0309. The van der Waals surface area contributed by atoms with Crippen LogP contribution >= 0.6 is 0 Å². The maximum Gasteiger partial charge on any atom is 0.282 e. The van der Waals surface area contributed by atoms with E-state index in [4.69, 9.17) is 4.74 Å². The lowest BCUT2D eigenvalue weighted by molar-refractivity contribution is 0.0616. The monoisotopic (exact) mass is 457 g/mol. The molecule has 5 rings (SSSR count). The van der Waals surface area contributed by atoms with Crippen molar-refractivity contribution in [1.29, 1.82) is 5.26 Å². The molecule has 2 aliphatic heterocycles. The molecular weight excluding hydrogens is 438 g/mol. The lowest BCUT2D eigenvalue weighted by Gasteiger charge is -2.31. The summed E-state index contributed by atoms with van der Waals surface area (Å²) in [5, 5.41) is 25.5. The summed E-state index contributed by atoms with van der Waals surface area (Å²) in [4.78, 5) is 42.7. The molecule has 3 aromatic rings. The van der Waals surface area contributed by atoms with Crippen molar-refractivity contribution in [3.05, 3.63) is 68.5 Å². The molecule has 10 nitrogen and oxygen atoms in total. The number of benzene rings is 2. The van der Waals surface area contributed by atoms with Crippen LogP contribution in [0.2, 0.25) is 0 Å². The summed E-state index contributed by atoms with van der Waals surface area (Å²) >= 11 is 0. The number of ether oxygens (including phenoxy) is 1. The molecule has 2 amide bonds. The highest BCUT2D eigenvalue weighted by Gasteiger charge is 2.34. The third-order valence-electron chi connectivity index (χ3n) is 6.12. The quantitative estimate of drug-likeness (QED) is 0.452. The lowest BCUT2D eigenvalue weighted by atomic mass is 9.93. The standard InChI is InChI=1S/C24H19N5O5/c1-13-17(11-25)21(30)27-22(31)18(13)12-26-29-23(32)15-4-2-3-14-19(28-7-9-34-10-8-28)6-5-16(20(14)15)24(29)33/h2-6,12H,7-10H2,1H3,(H2,27,30,31). The number of anilines is 1. The van der Waals surface area contributed by atoms with E-state index < -0.39 is 23.3 Å². The van der Waals surface area contributed by atoms with E-state index in [2.05, 4.69) is 15.0 Å². The number of H-pyrrole nitrogens is 1. The number of nitriles is 1. The van der Waals surface area contributed by atoms with Crippen LogP contribution in [0.4, 0.5) is 5.69 Å². The number of hydrogen-bond donors (Lipinski definition) is 2. The molecule has 0 bridgehead atoms. The Labute approximate surface area is 193 Å². The number of rotatable bonds is 3. The number of hydrazone groups is 1. The summed E-state index contributed by atoms with van der Waals surface area (Å²) in [6.07, 6.45) is 1.09. The molecule has 0 aliphatic carbocycles. The number of nitrogens with one attached hydrogen (secondary N) is 1. The van der Waals surface area contributed by atoms with Gasteiger partial charge in [0.05, 0.1) is 36.1 Å². The van der Waals surface area contributed by atoms with E-state index in [-0.39, 0.29) is 16.7 Å². The van der Waals surface area contributed by atoms with Crippen molar-refractivity contribution in [3.8, 4) is 11.9 Å². The van der Waals surface area contributed by atoms with E-state index in [0.29, 0.717) is 42.8 Å². The Morgan fingerprint density at radius 2 is 1.82 bits per heavy atom. The number of nitrogens with zero attached hydrogens (tertiary/aromatic N) is 4. The summed E-state index contributed by atoms with van der Waals surface area (Å²) < 4.78 is 5.43. The Bertz CT molecular complexity index is 1470. The van der Waals surface area contributed by atoms with Crippen molar-refractivity contribution >= 4 is 34.5 Å².